The van der Waals surface area contributed by atoms with Crippen LogP contribution in [0.4, 0.5) is 5.69 Å². The normalized spacial score (nSPS) is 17.4. The number of aromatic carboxylic acids is 1. The minimum Gasteiger partial charge on any atom is -0.872 e. The number of hydrogen-bond donors (Lipinski definition) is 1. The van der Waals surface area contributed by atoms with Gasteiger partial charge in [0.25, 0.3) is 5.91 Å². The molecular formula is C25H18NO6-. The molecule has 0 spiro atoms. The van der Waals surface area contributed by atoms with Gasteiger partial charge in [0, 0.05) is 11.3 Å². The molecule has 0 bridgehead atoms. The van der Waals surface area contributed by atoms with Crippen LogP contribution < -0.4 is 14.7 Å². The van der Waals surface area contributed by atoms with Gasteiger partial charge < -0.3 is 14.9 Å². The Balaban J connectivity index is 1.92. The van der Waals surface area contributed by atoms with Gasteiger partial charge in [-0.3, -0.25) is 14.5 Å². The van der Waals surface area contributed by atoms with E-state index in [-0.39, 0.29) is 22.4 Å². The first-order valence-corrected chi connectivity index (χ1v) is 9.74. The van der Waals surface area contributed by atoms with Crippen molar-refractivity contribution in [3.8, 4) is 5.75 Å². The Bertz CT molecular complexity index is 1230. The van der Waals surface area contributed by atoms with Gasteiger partial charge in [-0.05, 0) is 41.5 Å². The molecule has 32 heavy (non-hydrogen) atoms. The molecule has 3 aromatic rings. The van der Waals surface area contributed by atoms with Crippen LogP contribution >= 0.6 is 0 Å². The largest absolute Gasteiger partial charge is 0.872 e. The van der Waals surface area contributed by atoms with E-state index in [0.717, 1.165) is 0 Å². The van der Waals surface area contributed by atoms with E-state index in [1.54, 1.807) is 42.5 Å². The minimum atomic E-state index is -1.17. The third-order valence-electron chi connectivity index (χ3n) is 5.27. The molecule has 1 heterocycles. The number of ether oxygens (including phenoxy) is 1. The van der Waals surface area contributed by atoms with Crippen molar-refractivity contribution in [1.29, 1.82) is 0 Å². The maximum Gasteiger partial charge on any atom is 0.335 e. The highest BCUT2D eigenvalue weighted by Crippen LogP contribution is 2.41. The molecule has 1 aliphatic heterocycles. The van der Waals surface area contributed by atoms with Gasteiger partial charge in [0.2, 0.25) is 5.78 Å². The Morgan fingerprint density at radius 2 is 1.62 bits per heavy atom. The summed E-state index contributed by atoms with van der Waals surface area (Å²) in [5.41, 5.74) is 0.791. The van der Waals surface area contributed by atoms with Crippen molar-refractivity contribution in [1.82, 2.24) is 0 Å². The monoisotopic (exact) mass is 428 g/mol. The predicted molar refractivity (Wildman–Crippen MR) is 115 cm³/mol. The lowest BCUT2D eigenvalue weighted by atomic mass is 9.95. The summed E-state index contributed by atoms with van der Waals surface area (Å²) in [6.45, 7) is 0. The second-order valence-corrected chi connectivity index (χ2v) is 7.14. The Labute approximate surface area is 183 Å². The van der Waals surface area contributed by atoms with E-state index in [0.29, 0.717) is 11.3 Å². The van der Waals surface area contributed by atoms with Gasteiger partial charge in [0.05, 0.1) is 18.7 Å². The number of ketones is 1. The standard InChI is InChI=1S/C25H19NO6/c1-32-19-12-10-16(11-13-19)22(27)20-21(15-6-3-2-4-7-15)26(24(29)23(20)28)18-9-5-8-17(14-18)25(30)31/h2-14,21,27H,1H3,(H,30,31)/p-1. The van der Waals surface area contributed by atoms with Crippen molar-refractivity contribution in [2.75, 3.05) is 12.0 Å². The first-order valence-electron chi connectivity index (χ1n) is 9.74. The Kier molecular flexibility index (Phi) is 5.47. The van der Waals surface area contributed by atoms with Gasteiger partial charge in [-0.2, -0.15) is 0 Å². The molecule has 1 unspecified atom stereocenters. The zero-order chi connectivity index (χ0) is 22.8. The van der Waals surface area contributed by atoms with Crippen molar-refractivity contribution in [3.63, 3.8) is 0 Å². The summed E-state index contributed by atoms with van der Waals surface area (Å²) >= 11 is 0. The fraction of sp³-hybridized carbons (Fsp3) is 0.0800. The van der Waals surface area contributed by atoms with Crippen LogP contribution in [0.2, 0.25) is 0 Å². The molecule has 0 radical (unpaired) electrons. The molecule has 1 saturated heterocycles. The van der Waals surface area contributed by atoms with Crippen LogP contribution in [0.1, 0.15) is 27.5 Å². The lowest BCUT2D eigenvalue weighted by Gasteiger charge is -2.27. The molecule has 0 aliphatic carbocycles. The van der Waals surface area contributed by atoms with E-state index in [1.165, 1.54) is 48.4 Å². The first kappa shape index (κ1) is 20.9. The molecular weight excluding hydrogens is 410 g/mol. The SMILES string of the molecule is COc1ccc(C([O-])=C2C(=O)C(=O)N(c3cccc(C(=O)O)c3)C2c2ccccc2)cc1. The summed E-state index contributed by atoms with van der Waals surface area (Å²) in [5.74, 6) is -3.00. The molecule has 1 N–H and O–H groups in total. The van der Waals surface area contributed by atoms with Crippen LogP contribution in [-0.4, -0.2) is 29.9 Å². The molecule has 4 rings (SSSR count). The average Bonchev–Trinajstić information content (AvgIpc) is 3.09. The summed E-state index contributed by atoms with van der Waals surface area (Å²) in [5, 5.41) is 22.7. The lowest BCUT2D eigenvalue weighted by molar-refractivity contribution is -0.245. The third kappa shape index (κ3) is 3.60. The molecule has 1 aliphatic rings. The minimum absolute atomic E-state index is 0.0375. The van der Waals surface area contributed by atoms with E-state index >= 15 is 0 Å². The molecule has 160 valence electrons. The average molecular weight is 428 g/mol. The van der Waals surface area contributed by atoms with Gasteiger partial charge in [0.1, 0.15) is 5.75 Å². The zero-order valence-electron chi connectivity index (χ0n) is 17.0. The third-order valence-corrected chi connectivity index (χ3v) is 5.27. The van der Waals surface area contributed by atoms with Crippen LogP contribution in [0.15, 0.2) is 84.4 Å². The molecule has 1 atom stereocenters. The van der Waals surface area contributed by atoms with E-state index in [9.17, 15) is 24.6 Å². The molecule has 1 fully saturated rings. The maximum atomic E-state index is 13.4. The number of hydrogen-bond acceptors (Lipinski definition) is 5. The smallest absolute Gasteiger partial charge is 0.335 e. The number of anilines is 1. The Hall–Kier alpha value is -4.39. The van der Waals surface area contributed by atoms with Crippen LogP contribution in [0.3, 0.4) is 0 Å². The van der Waals surface area contributed by atoms with Gasteiger partial charge in [-0.25, -0.2) is 4.79 Å². The summed E-state index contributed by atoms with van der Waals surface area (Å²) in [6.07, 6.45) is 0. The van der Waals surface area contributed by atoms with Crippen LogP contribution in [0.25, 0.3) is 5.76 Å². The first-order chi connectivity index (χ1) is 15.4. The number of rotatable bonds is 5. The van der Waals surface area contributed by atoms with Gasteiger partial charge >= 0.3 is 5.97 Å². The van der Waals surface area contributed by atoms with Crippen molar-refractivity contribution in [2.45, 2.75) is 6.04 Å². The quantitative estimate of drug-likeness (QED) is 0.380. The molecule has 0 saturated carbocycles. The van der Waals surface area contributed by atoms with Crippen molar-refractivity contribution in [2.24, 2.45) is 0 Å². The van der Waals surface area contributed by atoms with E-state index in [1.807, 2.05) is 0 Å². The predicted octanol–water partition coefficient (Wildman–Crippen LogP) is 2.82. The number of carbonyl (C=O) groups is 3. The molecule has 0 aromatic heterocycles. The number of methoxy groups -OCH3 is 1. The highest BCUT2D eigenvalue weighted by Gasteiger charge is 2.45. The zero-order valence-corrected chi connectivity index (χ0v) is 17.0. The lowest BCUT2D eigenvalue weighted by Crippen LogP contribution is -2.29. The topological polar surface area (TPSA) is 107 Å². The Morgan fingerprint density at radius 1 is 0.938 bits per heavy atom. The highest BCUT2D eigenvalue weighted by molar-refractivity contribution is 6.51. The number of Topliss-reactive ketones (excluding diaryl/α,β-unsaturated/α-hetero) is 1. The van der Waals surface area contributed by atoms with Gasteiger partial charge in [-0.1, -0.05) is 54.3 Å². The van der Waals surface area contributed by atoms with Gasteiger partial charge in [-0.15, -0.1) is 0 Å². The highest BCUT2D eigenvalue weighted by atomic mass is 16.5. The molecule has 7 heteroatoms. The van der Waals surface area contributed by atoms with Gasteiger partial charge in [0.15, 0.2) is 0 Å². The Morgan fingerprint density at radius 3 is 2.25 bits per heavy atom. The summed E-state index contributed by atoms with van der Waals surface area (Å²) in [6, 6.07) is 19.7. The fourth-order valence-electron chi connectivity index (χ4n) is 3.73. The maximum absolute atomic E-state index is 13.4. The van der Waals surface area contributed by atoms with E-state index < -0.39 is 29.5 Å². The summed E-state index contributed by atoms with van der Waals surface area (Å²) < 4.78 is 5.11. The van der Waals surface area contributed by atoms with Crippen molar-refractivity contribution in [3.05, 3.63) is 101 Å². The van der Waals surface area contributed by atoms with Crippen molar-refractivity contribution < 1.29 is 29.3 Å². The number of amides is 1. The molecule has 3 aromatic carbocycles. The number of carboxylic acids is 1. The second kappa shape index (κ2) is 8.39. The van der Waals surface area contributed by atoms with E-state index in [2.05, 4.69) is 0 Å². The van der Waals surface area contributed by atoms with Crippen LogP contribution in [0, 0.1) is 0 Å². The van der Waals surface area contributed by atoms with E-state index in [4.69, 9.17) is 4.74 Å². The molecule has 7 nitrogen and oxygen atoms in total. The fourth-order valence-corrected chi connectivity index (χ4v) is 3.73. The van der Waals surface area contributed by atoms with Crippen molar-refractivity contribution >= 4 is 29.1 Å². The molecule has 1 amide bonds. The van der Waals surface area contributed by atoms with Crippen LogP contribution in [-0.2, 0) is 9.59 Å². The number of nitrogens with zero attached hydrogens (tertiary/aromatic N) is 1. The van der Waals surface area contributed by atoms with Crippen LogP contribution in [0.5, 0.6) is 5.75 Å². The summed E-state index contributed by atoms with van der Waals surface area (Å²) in [4.78, 5) is 38.7. The number of carbonyl (C=O) groups excluding carboxylic acids is 2. The second-order valence-electron chi connectivity index (χ2n) is 7.14. The number of benzene rings is 3. The number of carboxylic acid groups (broad SMARTS) is 1. The summed E-state index contributed by atoms with van der Waals surface area (Å²) in [7, 11) is 1.50.